The van der Waals surface area contributed by atoms with Gasteiger partial charge in [-0.15, -0.1) is 12.4 Å². The van der Waals surface area contributed by atoms with Crippen LogP contribution in [0, 0.1) is 17.6 Å². The predicted octanol–water partition coefficient (Wildman–Crippen LogP) is 1.59. The highest BCUT2D eigenvalue weighted by molar-refractivity contribution is 6.00. The lowest BCUT2D eigenvalue weighted by molar-refractivity contribution is -0.126. The minimum Gasteiger partial charge on any atom is -0.356 e. The summed E-state index contributed by atoms with van der Waals surface area (Å²) in [6.07, 6.45) is 1.62. The first-order valence-corrected chi connectivity index (χ1v) is 7.26. The lowest BCUT2D eigenvalue weighted by Crippen LogP contribution is -2.33. The van der Waals surface area contributed by atoms with Crippen molar-refractivity contribution < 1.29 is 18.4 Å². The summed E-state index contributed by atoms with van der Waals surface area (Å²) in [6.45, 7) is 1.17. The highest BCUT2D eigenvalue weighted by Crippen LogP contribution is 2.27. The maximum atomic E-state index is 13.7. The number of halogens is 3. The molecule has 1 saturated heterocycles. The molecule has 0 aliphatic carbocycles. The Hall–Kier alpha value is -1.73. The number of carbonyl (C=O) groups excluding carboxylic acids is 2. The number of unbranched alkanes of at least 4 members (excludes halogenated alkanes) is 1. The molecule has 0 aromatic heterocycles. The number of nitrogens with two attached hydrogens (primary N) is 1. The number of nitrogens with zero attached hydrogens (tertiary/aromatic N) is 1. The van der Waals surface area contributed by atoms with Gasteiger partial charge in [-0.2, -0.15) is 0 Å². The molecule has 1 aromatic carbocycles. The molecule has 0 saturated carbocycles. The molecule has 2 amide bonds. The topological polar surface area (TPSA) is 75.4 Å². The largest absolute Gasteiger partial charge is 0.356 e. The summed E-state index contributed by atoms with van der Waals surface area (Å²) in [5.41, 5.74) is 5.37. The minimum absolute atomic E-state index is 0. The monoisotopic (exact) mass is 347 g/mol. The fourth-order valence-electron chi connectivity index (χ4n) is 2.44. The maximum Gasteiger partial charge on any atom is 0.227 e. The van der Waals surface area contributed by atoms with Crippen molar-refractivity contribution in [1.29, 1.82) is 0 Å². The summed E-state index contributed by atoms with van der Waals surface area (Å²) in [7, 11) is 0. The summed E-state index contributed by atoms with van der Waals surface area (Å²) in [6, 6.07) is 3.03. The third-order valence-corrected chi connectivity index (χ3v) is 3.63. The Morgan fingerprint density at radius 3 is 2.74 bits per heavy atom. The summed E-state index contributed by atoms with van der Waals surface area (Å²) in [4.78, 5) is 25.2. The molecule has 5 nitrogen and oxygen atoms in total. The van der Waals surface area contributed by atoms with E-state index in [1.807, 2.05) is 0 Å². The van der Waals surface area contributed by atoms with Crippen molar-refractivity contribution in [3.8, 4) is 0 Å². The number of rotatable bonds is 6. The lowest BCUT2D eigenvalue weighted by atomic mass is 10.1. The molecular formula is C15H20ClF2N3O2. The van der Waals surface area contributed by atoms with Gasteiger partial charge < -0.3 is 16.0 Å². The van der Waals surface area contributed by atoms with Gasteiger partial charge in [0.25, 0.3) is 0 Å². The first kappa shape index (κ1) is 19.3. The first-order chi connectivity index (χ1) is 10.5. The normalized spacial score (nSPS) is 17.1. The predicted molar refractivity (Wildman–Crippen MR) is 85.4 cm³/mol. The zero-order valence-electron chi connectivity index (χ0n) is 12.6. The zero-order chi connectivity index (χ0) is 16.1. The van der Waals surface area contributed by atoms with Crippen LogP contribution in [0.3, 0.4) is 0 Å². The quantitative estimate of drug-likeness (QED) is 0.767. The van der Waals surface area contributed by atoms with Gasteiger partial charge in [-0.1, -0.05) is 0 Å². The third-order valence-electron chi connectivity index (χ3n) is 3.63. The Bertz CT molecular complexity index is 572. The van der Waals surface area contributed by atoms with Gasteiger partial charge in [0.15, 0.2) is 0 Å². The molecule has 0 spiro atoms. The third kappa shape index (κ3) is 4.87. The SMILES string of the molecule is Cl.NCCCCNC(=O)C1CC(=O)N(c2ccc(F)cc2F)C1. The van der Waals surface area contributed by atoms with E-state index >= 15 is 0 Å². The highest BCUT2D eigenvalue weighted by Gasteiger charge is 2.36. The van der Waals surface area contributed by atoms with Crippen LogP contribution in [0.4, 0.5) is 14.5 Å². The second-order valence-electron chi connectivity index (χ2n) is 5.29. The minimum atomic E-state index is -0.808. The summed E-state index contributed by atoms with van der Waals surface area (Å²) >= 11 is 0. The van der Waals surface area contributed by atoms with E-state index in [0.29, 0.717) is 13.1 Å². The van der Waals surface area contributed by atoms with Gasteiger partial charge in [0.1, 0.15) is 11.6 Å². The standard InChI is InChI=1S/C15H19F2N3O2.ClH/c16-11-3-4-13(12(17)8-11)20-9-10(7-14(20)21)15(22)19-6-2-1-5-18;/h3-4,8,10H,1-2,5-7,9,18H2,(H,19,22);1H. The molecule has 23 heavy (non-hydrogen) atoms. The number of amides is 2. The van der Waals surface area contributed by atoms with E-state index in [9.17, 15) is 18.4 Å². The Morgan fingerprint density at radius 2 is 2.09 bits per heavy atom. The summed E-state index contributed by atoms with van der Waals surface area (Å²) < 4.78 is 26.7. The van der Waals surface area contributed by atoms with Crippen LogP contribution in [0.15, 0.2) is 18.2 Å². The molecule has 1 fully saturated rings. The average Bonchev–Trinajstić information content (AvgIpc) is 2.85. The molecule has 1 aromatic rings. The molecule has 2 rings (SSSR count). The van der Waals surface area contributed by atoms with Gasteiger partial charge in [0.2, 0.25) is 11.8 Å². The number of benzene rings is 1. The molecule has 3 N–H and O–H groups in total. The first-order valence-electron chi connectivity index (χ1n) is 7.26. The highest BCUT2D eigenvalue weighted by atomic mass is 35.5. The molecule has 1 heterocycles. The van der Waals surface area contributed by atoms with E-state index in [1.54, 1.807) is 0 Å². The fraction of sp³-hybridized carbons (Fsp3) is 0.467. The van der Waals surface area contributed by atoms with Gasteiger partial charge in [-0.05, 0) is 31.5 Å². The van der Waals surface area contributed by atoms with Gasteiger partial charge in [-0.25, -0.2) is 8.78 Å². The van der Waals surface area contributed by atoms with Crippen LogP contribution in [0.1, 0.15) is 19.3 Å². The van der Waals surface area contributed by atoms with Crippen LogP contribution in [0.2, 0.25) is 0 Å². The molecule has 1 aliphatic rings. The molecule has 0 bridgehead atoms. The molecule has 128 valence electrons. The number of hydrogen-bond acceptors (Lipinski definition) is 3. The van der Waals surface area contributed by atoms with Crippen molar-refractivity contribution in [3.05, 3.63) is 29.8 Å². The molecule has 1 aliphatic heterocycles. The Labute approximate surface area is 139 Å². The molecule has 0 radical (unpaired) electrons. The van der Waals surface area contributed by atoms with Crippen LogP contribution < -0.4 is 16.0 Å². The van der Waals surface area contributed by atoms with E-state index in [-0.39, 0.29) is 42.9 Å². The molecule has 8 heteroatoms. The van der Waals surface area contributed by atoms with Crippen molar-refractivity contribution in [2.75, 3.05) is 24.5 Å². The Kier molecular flexibility index (Phi) is 7.38. The molecular weight excluding hydrogens is 328 g/mol. The van der Waals surface area contributed by atoms with Crippen LogP contribution >= 0.6 is 12.4 Å². The molecule has 1 atom stereocenters. The number of anilines is 1. The van der Waals surface area contributed by atoms with Crippen molar-refractivity contribution in [3.63, 3.8) is 0 Å². The smallest absolute Gasteiger partial charge is 0.227 e. The summed E-state index contributed by atoms with van der Waals surface area (Å²) in [5.74, 6) is -2.60. The second-order valence-corrected chi connectivity index (χ2v) is 5.29. The zero-order valence-corrected chi connectivity index (χ0v) is 13.4. The summed E-state index contributed by atoms with van der Waals surface area (Å²) in [5, 5.41) is 2.75. The number of nitrogens with one attached hydrogen (secondary N) is 1. The van der Waals surface area contributed by atoms with E-state index in [0.717, 1.165) is 25.0 Å². The van der Waals surface area contributed by atoms with E-state index in [2.05, 4.69) is 5.32 Å². The van der Waals surface area contributed by atoms with Crippen LogP contribution in [0.5, 0.6) is 0 Å². The van der Waals surface area contributed by atoms with Crippen molar-refractivity contribution in [2.45, 2.75) is 19.3 Å². The van der Waals surface area contributed by atoms with Gasteiger partial charge in [0.05, 0.1) is 11.6 Å². The second kappa shape index (κ2) is 8.79. The van der Waals surface area contributed by atoms with E-state index < -0.39 is 17.6 Å². The van der Waals surface area contributed by atoms with E-state index in [4.69, 9.17) is 5.73 Å². The maximum absolute atomic E-state index is 13.7. The van der Waals surface area contributed by atoms with Crippen molar-refractivity contribution in [2.24, 2.45) is 11.7 Å². The lowest BCUT2D eigenvalue weighted by Gasteiger charge is -2.17. The van der Waals surface area contributed by atoms with Crippen LogP contribution in [0.25, 0.3) is 0 Å². The van der Waals surface area contributed by atoms with Crippen molar-refractivity contribution in [1.82, 2.24) is 5.32 Å². The van der Waals surface area contributed by atoms with Crippen LogP contribution in [-0.4, -0.2) is 31.4 Å². The van der Waals surface area contributed by atoms with Gasteiger partial charge in [-0.3, -0.25) is 9.59 Å². The Balaban J connectivity index is 0.00000264. The van der Waals surface area contributed by atoms with Gasteiger partial charge >= 0.3 is 0 Å². The Morgan fingerprint density at radius 1 is 1.35 bits per heavy atom. The van der Waals surface area contributed by atoms with E-state index in [1.165, 1.54) is 11.0 Å². The fourth-order valence-corrected chi connectivity index (χ4v) is 2.44. The average molecular weight is 348 g/mol. The van der Waals surface area contributed by atoms with Gasteiger partial charge in [0, 0.05) is 25.6 Å². The number of hydrogen-bond donors (Lipinski definition) is 2. The molecule has 1 unspecified atom stereocenters. The number of carbonyl (C=O) groups is 2. The van der Waals surface area contributed by atoms with Crippen LogP contribution in [-0.2, 0) is 9.59 Å². The van der Waals surface area contributed by atoms with Crippen molar-refractivity contribution >= 4 is 29.9 Å².